The first-order valence-corrected chi connectivity index (χ1v) is 10.5. The maximum Gasteiger partial charge on any atom is 0.111 e. The van der Waals surface area contributed by atoms with E-state index < -0.39 is 0 Å². The summed E-state index contributed by atoms with van der Waals surface area (Å²) < 4.78 is 0. The largest absolute Gasteiger partial charge is 0.398 e. The van der Waals surface area contributed by atoms with Crippen molar-refractivity contribution in [1.29, 1.82) is 0 Å². The van der Waals surface area contributed by atoms with E-state index in [2.05, 4.69) is 39.2 Å². The second kappa shape index (κ2) is 8.15. The van der Waals surface area contributed by atoms with Crippen molar-refractivity contribution in [2.75, 3.05) is 24.7 Å². The number of aromatic nitrogens is 4. The van der Waals surface area contributed by atoms with Crippen molar-refractivity contribution in [3.63, 3.8) is 0 Å². The highest BCUT2D eigenvalue weighted by Crippen LogP contribution is 2.29. The smallest absolute Gasteiger partial charge is 0.111 e. The molecule has 0 aliphatic rings. The number of benzene rings is 2. The van der Waals surface area contributed by atoms with Crippen LogP contribution in [0.1, 0.15) is 11.4 Å². The molecule has 6 nitrogen and oxygen atoms in total. The van der Waals surface area contributed by atoms with Crippen molar-refractivity contribution in [3.8, 4) is 22.3 Å². The Morgan fingerprint density at radius 2 is 1.72 bits per heavy atom. The Kier molecular flexibility index (Phi) is 5.03. The van der Waals surface area contributed by atoms with Crippen LogP contribution in [-0.4, -0.2) is 34.0 Å². The van der Waals surface area contributed by atoms with E-state index in [1.54, 1.807) is 12.4 Å². The molecule has 0 saturated heterocycles. The molecule has 3 N–H and O–H groups in total. The molecule has 0 radical (unpaired) electrons. The number of nitrogen functional groups attached to an aromatic ring is 1. The van der Waals surface area contributed by atoms with Crippen LogP contribution in [0.4, 0.5) is 11.4 Å². The van der Waals surface area contributed by atoms with E-state index in [1.807, 2.05) is 61.7 Å². The van der Waals surface area contributed by atoms with E-state index in [1.165, 1.54) is 0 Å². The second-order valence-corrected chi connectivity index (χ2v) is 8.04. The van der Waals surface area contributed by atoms with Crippen molar-refractivity contribution < 1.29 is 0 Å². The van der Waals surface area contributed by atoms with Gasteiger partial charge in [-0.1, -0.05) is 18.2 Å². The van der Waals surface area contributed by atoms with E-state index in [9.17, 15) is 0 Å². The molecule has 0 unspecified atom stereocenters. The lowest BCUT2D eigenvalue weighted by molar-refractivity contribution is 1.04. The maximum absolute atomic E-state index is 6.34. The van der Waals surface area contributed by atoms with Gasteiger partial charge in [-0.25, -0.2) is 4.98 Å². The lowest BCUT2D eigenvalue weighted by atomic mass is 10.0. The van der Waals surface area contributed by atoms with E-state index >= 15 is 0 Å². The van der Waals surface area contributed by atoms with Crippen molar-refractivity contribution in [1.82, 2.24) is 19.9 Å². The molecule has 158 valence electrons. The minimum absolute atomic E-state index is 0.616. The number of rotatable bonds is 5. The summed E-state index contributed by atoms with van der Waals surface area (Å²) >= 11 is 0. The third-order valence-corrected chi connectivity index (χ3v) is 5.63. The zero-order valence-corrected chi connectivity index (χ0v) is 18.1. The second-order valence-electron chi connectivity index (χ2n) is 8.04. The third kappa shape index (κ3) is 3.78. The Labute approximate surface area is 186 Å². The molecule has 0 fully saturated rings. The number of fused-ring (bicyclic) bond motifs is 1. The lowest BCUT2D eigenvalue weighted by Crippen LogP contribution is -2.08. The summed E-state index contributed by atoms with van der Waals surface area (Å²) in [6.07, 6.45) is 7.95. The van der Waals surface area contributed by atoms with E-state index in [-0.39, 0.29) is 0 Å². The molecule has 0 aliphatic carbocycles. The molecule has 0 aliphatic heterocycles. The fourth-order valence-electron chi connectivity index (χ4n) is 3.88. The molecule has 5 rings (SSSR count). The van der Waals surface area contributed by atoms with Crippen LogP contribution in [0.25, 0.3) is 33.3 Å². The summed E-state index contributed by atoms with van der Waals surface area (Å²) in [7, 11) is 4.02. The van der Waals surface area contributed by atoms with Crippen molar-refractivity contribution in [2.45, 2.75) is 6.42 Å². The molecular formula is C26H24N6. The van der Waals surface area contributed by atoms with Crippen LogP contribution in [0.2, 0.25) is 0 Å². The topological polar surface area (TPSA) is 83.7 Å². The molecule has 3 heterocycles. The van der Waals surface area contributed by atoms with Gasteiger partial charge in [0.1, 0.15) is 5.82 Å². The van der Waals surface area contributed by atoms with Gasteiger partial charge in [0.25, 0.3) is 0 Å². The number of H-pyrrole nitrogens is 1. The van der Waals surface area contributed by atoms with Crippen molar-refractivity contribution in [2.24, 2.45) is 0 Å². The van der Waals surface area contributed by atoms with Gasteiger partial charge in [-0.2, -0.15) is 0 Å². The predicted molar refractivity (Wildman–Crippen MR) is 131 cm³/mol. The standard InChI is InChI=1S/C26H24N6/c1-32(2)21-13-20(15-29-16-21)18-6-7-23(27)19(12-18)14-25-30-24-5-3-4-22(26(24)31-25)17-8-10-28-11-9-17/h3-13,15-16H,14,27H2,1-2H3,(H,30,31). The average Bonchev–Trinajstić information content (AvgIpc) is 3.24. The molecule has 6 heteroatoms. The summed E-state index contributed by atoms with van der Waals surface area (Å²) in [5.74, 6) is 0.880. The highest BCUT2D eigenvalue weighted by atomic mass is 15.1. The van der Waals surface area contributed by atoms with Crippen molar-refractivity contribution in [3.05, 3.63) is 90.8 Å². The fraction of sp³-hybridized carbons (Fsp3) is 0.115. The van der Waals surface area contributed by atoms with Crippen LogP contribution in [0.3, 0.4) is 0 Å². The van der Waals surface area contributed by atoms with E-state index in [0.717, 1.165) is 56.0 Å². The van der Waals surface area contributed by atoms with Crippen molar-refractivity contribution >= 4 is 22.4 Å². The van der Waals surface area contributed by atoms with Crippen LogP contribution in [0.15, 0.2) is 79.4 Å². The number of imidazole rings is 1. The Hall–Kier alpha value is -4.19. The molecular weight excluding hydrogens is 396 g/mol. The maximum atomic E-state index is 6.34. The van der Waals surface area contributed by atoms with Crippen LogP contribution in [0.5, 0.6) is 0 Å². The number of nitrogens with two attached hydrogens (primary N) is 1. The lowest BCUT2D eigenvalue weighted by Gasteiger charge is -2.14. The number of para-hydroxylation sites is 1. The third-order valence-electron chi connectivity index (χ3n) is 5.63. The zero-order chi connectivity index (χ0) is 22.1. The summed E-state index contributed by atoms with van der Waals surface area (Å²) in [5.41, 5.74) is 15.4. The summed E-state index contributed by atoms with van der Waals surface area (Å²) in [6, 6.07) is 18.4. The molecule has 0 spiro atoms. The number of pyridine rings is 2. The molecule has 2 aromatic carbocycles. The van der Waals surface area contributed by atoms with E-state index in [4.69, 9.17) is 10.7 Å². The summed E-state index contributed by atoms with van der Waals surface area (Å²) in [5, 5.41) is 0. The fourth-order valence-corrected chi connectivity index (χ4v) is 3.88. The van der Waals surface area contributed by atoms with Gasteiger partial charge in [0.2, 0.25) is 0 Å². The van der Waals surface area contributed by atoms with Gasteiger partial charge in [0.15, 0.2) is 0 Å². The number of hydrogen-bond acceptors (Lipinski definition) is 5. The normalized spacial score (nSPS) is 11.1. The Morgan fingerprint density at radius 3 is 2.53 bits per heavy atom. The highest BCUT2D eigenvalue weighted by molar-refractivity contribution is 5.92. The quantitative estimate of drug-likeness (QED) is 0.394. The molecule has 5 aromatic rings. The Morgan fingerprint density at radius 1 is 0.875 bits per heavy atom. The van der Waals surface area contributed by atoms with E-state index in [0.29, 0.717) is 6.42 Å². The van der Waals surface area contributed by atoms with Gasteiger partial charge in [0.05, 0.1) is 22.9 Å². The zero-order valence-electron chi connectivity index (χ0n) is 18.1. The van der Waals surface area contributed by atoms with Gasteiger partial charge < -0.3 is 15.6 Å². The molecule has 0 amide bonds. The van der Waals surface area contributed by atoms with Crippen LogP contribution in [0, 0.1) is 0 Å². The van der Waals surface area contributed by atoms with Crippen LogP contribution in [-0.2, 0) is 6.42 Å². The first-order chi connectivity index (χ1) is 15.6. The summed E-state index contributed by atoms with van der Waals surface area (Å²) in [6.45, 7) is 0. The van der Waals surface area contributed by atoms with Gasteiger partial charge in [-0.15, -0.1) is 0 Å². The van der Waals surface area contributed by atoms with Crippen LogP contribution >= 0.6 is 0 Å². The number of aromatic amines is 1. The molecule has 0 bridgehead atoms. The highest BCUT2D eigenvalue weighted by Gasteiger charge is 2.12. The predicted octanol–water partition coefficient (Wildman–Crippen LogP) is 4.93. The van der Waals surface area contributed by atoms with Gasteiger partial charge in [-0.05, 0) is 53.1 Å². The first-order valence-electron chi connectivity index (χ1n) is 10.5. The summed E-state index contributed by atoms with van der Waals surface area (Å²) in [4.78, 5) is 18.9. The Balaban J connectivity index is 1.51. The number of nitrogens with zero attached hydrogens (tertiary/aromatic N) is 4. The first kappa shape index (κ1) is 19.8. The van der Waals surface area contributed by atoms with Crippen LogP contribution < -0.4 is 10.6 Å². The Bertz CT molecular complexity index is 1390. The molecule has 0 saturated carbocycles. The minimum atomic E-state index is 0.616. The average molecular weight is 421 g/mol. The number of nitrogens with one attached hydrogen (secondary N) is 1. The number of anilines is 2. The minimum Gasteiger partial charge on any atom is -0.398 e. The van der Waals surface area contributed by atoms with Gasteiger partial charge in [0, 0.05) is 55.9 Å². The monoisotopic (exact) mass is 420 g/mol. The molecule has 0 atom stereocenters. The molecule has 3 aromatic heterocycles. The number of hydrogen-bond donors (Lipinski definition) is 2. The SMILES string of the molecule is CN(C)c1cncc(-c2ccc(N)c(Cc3nc4c(-c5ccncc5)cccc4[nH]3)c2)c1. The molecule has 32 heavy (non-hydrogen) atoms. The van der Waals surface area contributed by atoms with Gasteiger partial charge in [-0.3, -0.25) is 9.97 Å². The van der Waals surface area contributed by atoms with Gasteiger partial charge >= 0.3 is 0 Å².